The Bertz CT molecular complexity index is 1200. The van der Waals surface area contributed by atoms with Crippen molar-refractivity contribution in [2.24, 2.45) is 5.16 Å². The molecule has 4 rings (SSSR count). The van der Waals surface area contributed by atoms with E-state index < -0.39 is 23.7 Å². The summed E-state index contributed by atoms with van der Waals surface area (Å²) in [6.45, 7) is 2.15. The van der Waals surface area contributed by atoms with Crippen LogP contribution in [0.2, 0.25) is 0 Å². The normalized spacial score (nSPS) is 15.8. The van der Waals surface area contributed by atoms with Gasteiger partial charge >= 0.3 is 0 Å². The minimum absolute atomic E-state index is 0.00185. The summed E-state index contributed by atoms with van der Waals surface area (Å²) in [7, 11) is 1.60. The van der Waals surface area contributed by atoms with Crippen LogP contribution in [0.4, 0.5) is 8.78 Å². The number of carbonyl (C=O) groups is 1. The van der Waals surface area contributed by atoms with Gasteiger partial charge in [-0.05, 0) is 30.2 Å². The first-order chi connectivity index (χ1) is 17.0. The van der Waals surface area contributed by atoms with Crippen molar-refractivity contribution in [3.63, 3.8) is 0 Å². The number of rotatable bonds is 9. The van der Waals surface area contributed by atoms with Gasteiger partial charge in [-0.3, -0.25) is 4.79 Å². The van der Waals surface area contributed by atoms with E-state index in [2.05, 4.69) is 5.16 Å². The number of oxime groups is 1. The van der Waals surface area contributed by atoms with Gasteiger partial charge < -0.3 is 14.5 Å². The molecule has 0 bridgehead atoms. The average molecular weight is 479 g/mol. The van der Waals surface area contributed by atoms with Crippen LogP contribution in [0.15, 0.2) is 78.0 Å². The Morgan fingerprint density at radius 1 is 1.11 bits per heavy atom. The third kappa shape index (κ3) is 5.67. The molecule has 5 nitrogen and oxygen atoms in total. The second-order valence-corrected chi connectivity index (χ2v) is 8.50. The maximum atomic E-state index is 14.5. The second kappa shape index (κ2) is 11.1. The minimum atomic E-state index is -0.686. The van der Waals surface area contributed by atoms with Crippen molar-refractivity contribution in [3.05, 3.63) is 101 Å². The van der Waals surface area contributed by atoms with Gasteiger partial charge in [-0.15, -0.1) is 0 Å². The molecule has 3 aromatic carbocycles. The van der Waals surface area contributed by atoms with Crippen molar-refractivity contribution < 1.29 is 23.1 Å². The molecule has 1 heterocycles. The Kier molecular flexibility index (Phi) is 7.75. The molecule has 0 spiro atoms. The lowest BCUT2D eigenvalue weighted by Crippen LogP contribution is -2.40. The van der Waals surface area contributed by atoms with Gasteiger partial charge in [0.25, 0.3) is 0 Å². The van der Waals surface area contributed by atoms with Crippen LogP contribution < -0.4 is 4.74 Å². The number of hydrogen-bond acceptors (Lipinski definition) is 4. The number of nitrogens with zero attached hydrogens (tertiary/aromatic N) is 2. The van der Waals surface area contributed by atoms with Crippen molar-refractivity contribution in [1.82, 2.24) is 4.90 Å². The molecule has 7 heteroatoms. The summed E-state index contributed by atoms with van der Waals surface area (Å²) in [5, 5.41) is 4.24. The third-order valence-corrected chi connectivity index (χ3v) is 6.17. The molecule has 182 valence electrons. The molecule has 0 radical (unpaired) electrons. The van der Waals surface area contributed by atoms with Crippen LogP contribution in [-0.2, 0) is 16.2 Å². The van der Waals surface area contributed by atoms with Crippen LogP contribution in [0.25, 0.3) is 0 Å². The Morgan fingerprint density at radius 2 is 1.86 bits per heavy atom. The van der Waals surface area contributed by atoms with E-state index in [1.54, 1.807) is 12.0 Å². The fourth-order valence-electron chi connectivity index (χ4n) is 4.36. The predicted octanol–water partition coefficient (Wildman–Crippen LogP) is 5.69. The van der Waals surface area contributed by atoms with E-state index >= 15 is 0 Å². The summed E-state index contributed by atoms with van der Waals surface area (Å²) in [6, 6.07) is 20.4. The highest BCUT2D eigenvalue weighted by atomic mass is 19.1. The standard InChI is InChI=1S/C28H28F2N2O3/c1-3-23(19-9-5-4-6-10-19)28(33)32(17-20-13-14-21(29)15-25(20)30)18-22-16-26(31-35-22)24-11-7-8-12-27(24)34-2/h4-15,22-23H,3,16-18H2,1-2H3/t22-,23-/m1/s1. The molecule has 0 unspecified atom stereocenters. The Labute approximate surface area is 204 Å². The molecule has 0 aliphatic carbocycles. The molecule has 2 atom stereocenters. The molecule has 1 amide bonds. The van der Waals surface area contributed by atoms with Gasteiger partial charge in [-0.2, -0.15) is 0 Å². The zero-order valence-electron chi connectivity index (χ0n) is 19.8. The summed E-state index contributed by atoms with van der Waals surface area (Å²) in [4.78, 5) is 21.0. The van der Waals surface area contributed by atoms with Crippen molar-refractivity contribution >= 4 is 11.6 Å². The largest absolute Gasteiger partial charge is 0.496 e. The molecule has 3 aromatic rings. The molecular formula is C28H28F2N2O3. The van der Waals surface area contributed by atoms with Gasteiger partial charge in [0.15, 0.2) is 6.10 Å². The maximum Gasteiger partial charge on any atom is 0.230 e. The first-order valence-corrected chi connectivity index (χ1v) is 11.6. The molecule has 0 N–H and O–H groups in total. The van der Waals surface area contributed by atoms with Crippen LogP contribution in [0.1, 0.15) is 42.4 Å². The Morgan fingerprint density at radius 3 is 2.57 bits per heavy atom. The van der Waals surface area contributed by atoms with E-state index in [9.17, 15) is 13.6 Å². The van der Waals surface area contributed by atoms with Gasteiger partial charge in [0.1, 0.15) is 17.4 Å². The molecule has 0 aromatic heterocycles. The van der Waals surface area contributed by atoms with Gasteiger partial charge in [0.2, 0.25) is 5.91 Å². The molecule has 0 saturated carbocycles. The maximum absolute atomic E-state index is 14.5. The molecule has 1 aliphatic rings. The van der Waals surface area contributed by atoms with Gasteiger partial charge in [0, 0.05) is 30.2 Å². The molecule has 0 saturated heterocycles. The van der Waals surface area contributed by atoms with E-state index in [1.165, 1.54) is 12.1 Å². The van der Waals surface area contributed by atoms with Crippen LogP contribution >= 0.6 is 0 Å². The van der Waals surface area contributed by atoms with Crippen molar-refractivity contribution in [2.45, 2.75) is 38.3 Å². The first kappa shape index (κ1) is 24.4. The lowest BCUT2D eigenvalue weighted by molar-refractivity contribution is -0.135. The van der Waals surface area contributed by atoms with Crippen molar-refractivity contribution in [2.75, 3.05) is 13.7 Å². The Hall–Kier alpha value is -3.74. The molecular weight excluding hydrogens is 450 g/mol. The highest BCUT2D eigenvalue weighted by Crippen LogP contribution is 2.28. The SMILES string of the molecule is CC[C@@H](C(=O)N(Cc1ccc(F)cc1F)C[C@H]1CC(c2ccccc2OC)=NO1)c1ccccc1. The number of amides is 1. The summed E-state index contributed by atoms with van der Waals surface area (Å²) in [6.07, 6.45) is 0.647. The zero-order chi connectivity index (χ0) is 24.8. The highest BCUT2D eigenvalue weighted by Gasteiger charge is 2.31. The second-order valence-electron chi connectivity index (χ2n) is 8.50. The summed E-state index contributed by atoms with van der Waals surface area (Å²) >= 11 is 0. The van der Waals surface area contributed by atoms with Crippen LogP contribution in [0, 0.1) is 11.6 Å². The van der Waals surface area contributed by atoms with Crippen molar-refractivity contribution in [3.8, 4) is 5.75 Å². The van der Waals surface area contributed by atoms with E-state index in [0.29, 0.717) is 18.6 Å². The lowest BCUT2D eigenvalue weighted by atomic mass is 9.94. The van der Waals surface area contributed by atoms with Gasteiger partial charge in [-0.1, -0.05) is 60.6 Å². The smallest absolute Gasteiger partial charge is 0.230 e. The minimum Gasteiger partial charge on any atom is -0.496 e. The van der Waals surface area contributed by atoms with E-state index in [-0.39, 0.29) is 24.6 Å². The number of methoxy groups -OCH3 is 1. The Balaban J connectivity index is 1.56. The third-order valence-electron chi connectivity index (χ3n) is 6.17. The lowest BCUT2D eigenvalue weighted by Gasteiger charge is -2.29. The predicted molar refractivity (Wildman–Crippen MR) is 130 cm³/mol. The first-order valence-electron chi connectivity index (χ1n) is 11.6. The highest BCUT2D eigenvalue weighted by molar-refractivity contribution is 6.03. The van der Waals surface area contributed by atoms with E-state index in [0.717, 1.165) is 22.9 Å². The number of halogens is 2. The number of benzene rings is 3. The van der Waals surface area contributed by atoms with Crippen LogP contribution in [0.3, 0.4) is 0 Å². The fourth-order valence-corrected chi connectivity index (χ4v) is 4.36. The monoisotopic (exact) mass is 478 g/mol. The zero-order valence-corrected chi connectivity index (χ0v) is 19.8. The van der Waals surface area contributed by atoms with E-state index in [1.807, 2.05) is 61.5 Å². The quantitative estimate of drug-likeness (QED) is 0.397. The summed E-state index contributed by atoms with van der Waals surface area (Å²) in [5.74, 6) is -1.19. The number of carbonyl (C=O) groups excluding carboxylic acids is 1. The van der Waals surface area contributed by atoms with Crippen LogP contribution in [-0.4, -0.2) is 36.3 Å². The topological polar surface area (TPSA) is 51.1 Å². The molecule has 0 fully saturated rings. The van der Waals surface area contributed by atoms with Gasteiger partial charge in [-0.25, -0.2) is 8.78 Å². The molecule has 1 aliphatic heterocycles. The van der Waals surface area contributed by atoms with Crippen molar-refractivity contribution in [1.29, 1.82) is 0 Å². The summed E-state index contributed by atoms with van der Waals surface area (Å²) in [5.41, 5.74) is 2.69. The van der Waals surface area contributed by atoms with Crippen LogP contribution in [0.5, 0.6) is 5.75 Å². The van der Waals surface area contributed by atoms with Gasteiger partial charge in [0.05, 0.1) is 25.3 Å². The van der Waals surface area contributed by atoms with E-state index in [4.69, 9.17) is 9.57 Å². The number of para-hydroxylation sites is 1. The molecule has 35 heavy (non-hydrogen) atoms. The fraction of sp³-hybridized carbons (Fsp3) is 0.286. The average Bonchev–Trinajstić information content (AvgIpc) is 3.34. The summed E-state index contributed by atoms with van der Waals surface area (Å²) < 4.78 is 33.4. The number of ether oxygens (including phenoxy) is 1. The number of hydrogen-bond donors (Lipinski definition) is 0.